The molecule has 0 aromatic heterocycles. The first-order chi connectivity index (χ1) is 6.74. The van der Waals surface area contributed by atoms with E-state index in [1.807, 2.05) is 13.0 Å². The number of ether oxygens (including phenoxy) is 1. The number of hydrogen-bond acceptors (Lipinski definition) is 2. The van der Waals surface area contributed by atoms with Gasteiger partial charge in [-0.05, 0) is 31.2 Å². The van der Waals surface area contributed by atoms with Gasteiger partial charge in [0.15, 0.2) is 0 Å². The van der Waals surface area contributed by atoms with E-state index in [9.17, 15) is 4.79 Å². The van der Waals surface area contributed by atoms with Crippen LogP contribution in [0.15, 0.2) is 36.4 Å². The molecule has 1 rings (SSSR count). The van der Waals surface area contributed by atoms with Crippen molar-refractivity contribution >= 4 is 17.6 Å². The summed E-state index contributed by atoms with van der Waals surface area (Å²) in [5.74, 6) is -0.334. The lowest BCUT2D eigenvalue weighted by Gasteiger charge is -2.01. The van der Waals surface area contributed by atoms with Crippen LogP contribution in [0.25, 0.3) is 0 Å². The Bertz CT molecular complexity index is 328. The van der Waals surface area contributed by atoms with Crippen LogP contribution in [0.5, 0.6) is 0 Å². The van der Waals surface area contributed by atoms with Gasteiger partial charge in [0.2, 0.25) is 0 Å². The minimum absolute atomic E-state index is 0.304. The Morgan fingerprint density at radius 1 is 1.43 bits per heavy atom. The molecule has 0 N–H and O–H groups in total. The third kappa shape index (κ3) is 3.23. The van der Waals surface area contributed by atoms with E-state index in [-0.39, 0.29) is 5.97 Å². The van der Waals surface area contributed by atoms with Crippen molar-refractivity contribution in [1.82, 2.24) is 0 Å². The second-order valence-corrected chi connectivity index (χ2v) is 3.11. The lowest BCUT2D eigenvalue weighted by molar-refractivity contribution is 0.0549. The number of hydrogen-bond donors (Lipinski definition) is 0. The quantitative estimate of drug-likeness (QED) is 0.566. The Hall–Kier alpha value is -1.28. The fourth-order valence-electron chi connectivity index (χ4n) is 0.889. The number of benzene rings is 1. The van der Waals surface area contributed by atoms with Crippen LogP contribution in [0.2, 0.25) is 5.02 Å². The van der Waals surface area contributed by atoms with Crippen LogP contribution in [0.4, 0.5) is 0 Å². The van der Waals surface area contributed by atoms with Crippen molar-refractivity contribution in [3.05, 3.63) is 47.0 Å². The first kappa shape index (κ1) is 10.8. The molecule has 2 nitrogen and oxygen atoms in total. The number of carbonyl (C=O) groups excluding carboxylic acids is 1. The molecule has 0 aliphatic heterocycles. The summed E-state index contributed by atoms with van der Waals surface area (Å²) in [6.45, 7) is 2.17. The van der Waals surface area contributed by atoms with E-state index >= 15 is 0 Å². The smallest absolute Gasteiger partial charge is 0.338 e. The van der Waals surface area contributed by atoms with Gasteiger partial charge in [-0.2, -0.15) is 0 Å². The zero-order valence-corrected chi connectivity index (χ0v) is 8.62. The van der Waals surface area contributed by atoms with E-state index in [4.69, 9.17) is 16.3 Å². The summed E-state index contributed by atoms with van der Waals surface area (Å²) in [5, 5.41) is 0.606. The molecule has 14 heavy (non-hydrogen) atoms. The molecule has 1 aromatic rings. The van der Waals surface area contributed by atoms with Gasteiger partial charge in [0.1, 0.15) is 6.61 Å². The van der Waals surface area contributed by atoms with Crippen molar-refractivity contribution in [3.63, 3.8) is 0 Å². The van der Waals surface area contributed by atoms with Crippen molar-refractivity contribution in [2.45, 2.75) is 6.92 Å². The van der Waals surface area contributed by atoms with Gasteiger partial charge in [-0.15, -0.1) is 0 Å². The Labute approximate surface area is 88.1 Å². The molecule has 0 amide bonds. The van der Waals surface area contributed by atoms with E-state index in [1.165, 1.54) is 0 Å². The summed E-state index contributed by atoms with van der Waals surface area (Å²) >= 11 is 5.68. The first-order valence-corrected chi connectivity index (χ1v) is 4.65. The summed E-state index contributed by atoms with van der Waals surface area (Å²) in [5.41, 5.74) is 0.513. The standard InChI is InChI=1S/C11H11ClO2/c1-2-3-8-14-11(13)9-4-6-10(12)7-5-9/h2-7H,8H2,1H3/b3-2+. The van der Waals surface area contributed by atoms with Crippen LogP contribution in [-0.4, -0.2) is 12.6 Å². The molecule has 0 aliphatic rings. The number of rotatable bonds is 3. The van der Waals surface area contributed by atoms with E-state index in [2.05, 4.69) is 0 Å². The minimum atomic E-state index is -0.334. The van der Waals surface area contributed by atoms with Crippen molar-refractivity contribution in [2.75, 3.05) is 6.61 Å². The third-order valence-electron chi connectivity index (χ3n) is 1.63. The Morgan fingerprint density at radius 2 is 2.07 bits per heavy atom. The molecule has 1 aromatic carbocycles. The highest BCUT2D eigenvalue weighted by molar-refractivity contribution is 6.30. The van der Waals surface area contributed by atoms with Crippen LogP contribution in [-0.2, 0) is 4.74 Å². The predicted octanol–water partition coefficient (Wildman–Crippen LogP) is 3.07. The number of halogens is 1. The molecule has 0 saturated carbocycles. The number of esters is 1. The Kier molecular flexibility index (Phi) is 4.20. The second kappa shape index (κ2) is 5.45. The monoisotopic (exact) mass is 210 g/mol. The van der Waals surface area contributed by atoms with Gasteiger partial charge in [-0.3, -0.25) is 0 Å². The summed E-state index contributed by atoms with van der Waals surface area (Å²) in [4.78, 5) is 11.3. The van der Waals surface area contributed by atoms with Crippen molar-refractivity contribution < 1.29 is 9.53 Å². The van der Waals surface area contributed by atoms with Gasteiger partial charge >= 0.3 is 5.97 Å². The molecule has 0 radical (unpaired) electrons. The van der Waals surface area contributed by atoms with Crippen LogP contribution in [0.1, 0.15) is 17.3 Å². The SMILES string of the molecule is C/C=C/COC(=O)c1ccc(Cl)cc1. The van der Waals surface area contributed by atoms with Gasteiger partial charge in [-0.1, -0.05) is 23.8 Å². The first-order valence-electron chi connectivity index (χ1n) is 4.28. The van der Waals surface area contributed by atoms with Crippen LogP contribution in [0, 0.1) is 0 Å². The van der Waals surface area contributed by atoms with Gasteiger partial charge in [0.25, 0.3) is 0 Å². The summed E-state index contributed by atoms with van der Waals surface area (Å²) < 4.78 is 4.94. The van der Waals surface area contributed by atoms with E-state index < -0.39 is 0 Å². The average molecular weight is 211 g/mol. The average Bonchev–Trinajstić information content (AvgIpc) is 2.19. The van der Waals surface area contributed by atoms with Crippen molar-refractivity contribution in [3.8, 4) is 0 Å². The molecule has 0 spiro atoms. The fourth-order valence-corrected chi connectivity index (χ4v) is 1.02. The topological polar surface area (TPSA) is 26.3 Å². The highest BCUT2D eigenvalue weighted by atomic mass is 35.5. The summed E-state index contributed by atoms with van der Waals surface area (Å²) in [7, 11) is 0. The van der Waals surface area contributed by atoms with Crippen molar-refractivity contribution in [1.29, 1.82) is 0 Å². The maximum Gasteiger partial charge on any atom is 0.338 e. The second-order valence-electron chi connectivity index (χ2n) is 2.67. The van der Waals surface area contributed by atoms with Gasteiger partial charge in [-0.25, -0.2) is 4.79 Å². The van der Waals surface area contributed by atoms with Gasteiger partial charge < -0.3 is 4.74 Å². The minimum Gasteiger partial charge on any atom is -0.458 e. The molecule has 0 aliphatic carbocycles. The van der Waals surface area contributed by atoms with Gasteiger partial charge in [0, 0.05) is 5.02 Å². The highest BCUT2D eigenvalue weighted by Crippen LogP contribution is 2.10. The summed E-state index contributed by atoms with van der Waals surface area (Å²) in [6.07, 6.45) is 3.60. The van der Waals surface area contributed by atoms with E-state index in [0.29, 0.717) is 17.2 Å². The maximum atomic E-state index is 11.3. The van der Waals surface area contributed by atoms with Crippen LogP contribution in [0.3, 0.4) is 0 Å². The third-order valence-corrected chi connectivity index (χ3v) is 1.88. The van der Waals surface area contributed by atoms with Crippen molar-refractivity contribution in [2.24, 2.45) is 0 Å². The number of carbonyl (C=O) groups is 1. The van der Waals surface area contributed by atoms with E-state index in [0.717, 1.165) is 0 Å². The largest absolute Gasteiger partial charge is 0.458 e. The zero-order valence-electron chi connectivity index (χ0n) is 7.87. The molecule has 0 saturated heterocycles. The molecule has 0 bridgehead atoms. The lowest BCUT2D eigenvalue weighted by Crippen LogP contribution is -2.04. The highest BCUT2D eigenvalue weighted by Gasteiger charge is 2.04. The lowest BCUT2D eigenvalue weighted by atomic mass is 10.2. The molecule has 0 atom stereocenters. The fraction of sp³-hybridized carbons (Fsp3) is 0.182. The predicted molar refractivity (Wildman–Crippen MR) is 56.5 cm³/mol. The van der Waals surface area contributed by atoms with Crippen LogP contribution < -0.4 is 0 Å². The molecular weight excluding hydrogens is 200 g/mol. The molecule has 0 unspecified atom stereocenters. The number of allylic oxidation sites excluding steroid dienone is 1. The summed E-state index contributed by atoms with van der Waals surface area (Å²) in [6, 6.07) is 6.60. The molecular formula is C11H11ClO2. The molecule has 3 heteroatoms. The molecule has 0 fully saturated rings. The normalized spacial score (nSPS) is 10.4. The van der Waals surface area contributed by atoms with Gasteiger partial charge in [0.05, 0.1) is 5.56 Å². The zero-order chi connectivity index (χ0) is 10.4. The van der Waals surface area contributed by atoms with E-state index in [1.54, 1.807) is 30.3 Å². The Morgan fingerprint density at radius 3 is 2.64 bits per heavy atom. The molecule has 74 valence electrons. The van der Waals surface area contributed by atoms with Crippen LogP contribution >= 0.6 is 11.6 Å². The molecule has 0 heterocycles. The maximum absolute atomic E-state index is 11.3. The Balaban J connectivity index is 2.56.